The average molecular weight is 259 g/mol. The van der Waals surface area contributed by atoms with E-state index in [1.165, 1.54) is 0 Å². The third kappa shape index (κ3) is 3.06. The van der Waals surface area contributed by atoms with E-state index in [4.69, 9.17) is 10.4 Å². The van der Waals surface area contributed by atoms with E-state index in [0.717, 1.165) is 4.88 Å². The number of hydrogen-bond donors (Lipinski definition) is 2. The number of hydrogen-bond acceptors (Lipinski definition) is 5. The molecular weight excluding hydrogens is 246 g/mol. The van der Waals surface area contributed by atoms with Gasteiger partial charge in [0, 0.05) is 11.5 Å². The van der Waals surface area contributed by atoms with Gasteiger partial charge in [-0.3, -0.25) is 0 Å². The van der Waals surface area contributed by atoms with E-state index in [1.54, 1.807) is 23.5 Å². The van der Waals surface area contributed by atoms with Crippen molar-refractivity contribution in [2.45, 2.75) is 12.5 Å². The lowest BCUT2D eigenvalue weighted by Gasteiger charge is -2.16. The van der Waals surface area contributed by atoms with Gasteiger partial charge in [0.15, 0.2) is 0 Å². The molecule has 4 nitrogen and oxygen atoms in total. The summed E-state index contributed by atoms with van der Waals surface area (Å²) in [6.07, 6.45) is 0.610. The van der Waals surface area contributed by atoms with Crippen LogP contribution in [0.15, 0.2) is 35.7 Å². The second-order valence-corrected chi connectivity index (χ2v) is 4.72. The fourth-order valence-corrected chi connectivity index (χ4v) is 2.47. The summed E-state index contributed by atoms with van der Waals surface area (Å²) in [7, 11) is 0. The number of aliphatic hydroxyl groups is 1. The van der Waals surface area contributed by atoms with Crippen LogP contribution in [-0.4, -0.2) is 16.7 Å². The van der Waals surface area contributed by atoms with E-state index in [9.17, 15) is 0 Å². The number of aliphatic hydroxyl groups excluding tert-OH is 1. The molecule has 0 radical (unpaired) electrons. The van der Waals surface area contributed by atoms with Crippen molar-refractivity contribution >= 4 is 17.2 Å². The van der Waals surface area contributed by atoms with Gasteiger partial charge in [-0.2, -0.15) is 5.26 Å². The van der Waals surface area contributed by atoms with Crippen molar-refractivity contribution in [2.75, 3.05) is 11.9 Å². The van der Waals surface area contributed by atoms with Crippen LogP contribution in [-0.2, 0) is 0 Å². The number of aromatic nitrogens is 1. The van der Waals surface area contributed by atoms with Crippen molar-refractivity contribution in [3.8, 4) is 6.07 Å². The number of anilines is 1. The second kappa shape index (κ2) is 6.15. The van der Waals surface area contributed by atoms with Crippen LogP contribution in [0.3, 0.4) is 0 Å². The van der Waals surface area contributed by atoms with Crippen molar-refractivity contribution in [3.05, 3.63) is 46.3 Å². The van der Waals surface area contributed by atoms with Gasteiger partial charge in [0.05, 0.1) is 6.04 Å². The fraction of sp³-hybridized carbons (Fsp3) is 0.231. The summed E-state index contributed by atoms with van der Waals surface area (Å²) < 4.78 is 0. The molecule has 1 unspecified atom stereocenters. The molecule has 1 atom stereocenters. The molecule has 0 aliphatic carbocycles. The standard InChI is InChI=1S/C13H13N3OS/c14-9-10-3-1-5-13(15-10)16-11(6-7-17)12-4-2-8-18-12/h1-5,8,11,17H,6-7H2,(H,15,16). The number of nitriles is 1. The SMILES string of the molecule is N#Cc1cccc(NC(CCO)c2cccs2)n1. The number of pyridine rings is 1. The van der Waals surface area contributed by atoms with Crippen LogP contribution >= 0.6 is 11.3 Å². The molecule has 92 valence electrons. The zero-order valence-electron chi connectivity index (χ0n) is 9.71. The van der Waals surface area contributed by atoms with Crippen LogP contribution in [0.2, 0.25) is 0 Å². The average Bonchev–Trinajstić information content (AvgIpc) is 2.92. The minimum atomic E-state index is 0.0245. The lowest BCUT2D eigenvalue weighted by molar-refractivity contribution is 0.280. The number of thiophene rings is 1. The Labute approximate surface area is 110 Å². The van der Waals surface area contributed by atoms with Crippen molar-refractivity contribution in [2.24, 2.45) is 0 Å². The summed E-state index contributed by atoms with van der Waals surface area (Å²) >= 11 is 1.63. The van der Waals surface area contributed by atoms with Gasteiger partial charge in [-0.05, 0) is 30.0 Å². The Morgan fingerprint density at radius 2 is 2.28 bits per heavy atom. The van der Waals surface area contributed by atoms with Crippen LogP contribution in [0, 0.1) is 11.3 Å². The highest BCUT2D eigenvalue weighted by Crippen LogP contribution is 2.25. The summed E-state index contributed by atoms with van der Waals surface area (Å²) in [5.74, 6) is 0.654. The maximum absolute atomic E-state index is 9.11. The van der Waals surface area contributed by atoms with Gasteiger partial charge in [-0.1, -0.05) is 12.1 Å². The van der Waals surface area contributed by atoms with E-state index < -0.39 is 0 Å². The Hall–Kier alpha value is -1.90. The molecular formula is C13H13N3OS. The van der Waals surface area contributed by atoms with Gasteiger partial charge in [-0.15, -0.1) is 11.3 Å². The molecule has 2 aromatic rings. The normalized spacial score (nSPS) is 11.8. The second-order valence-electron chi connectivity index (χ2n) is 3.74. The minimum Gasteiger partial charge on any atom is -0.396 e. The molecule has 2 heterocycles. The van der Waals surface area contributed by atoms with Gasteiger partial charge in [0.2, 0.25) is 0 Å². The first kappa shape index (κ1) is 12.6. The zero-order valence-corrected chi connectivity index (χ0v) is 10.5. The highest BCUT2D eigenvalue weighted by atomic mass is 32.1. The summed E-state index contributed by atoms with van der Waals surface area (Å²) in [5, 5.41) is 23.2. The maximum Gasteiger partial charge on any atom is 0.142 e. The molecule has 0 fully saturated rings. The number of nitrogens with one attached hydrogen (secondary N) is 1. The summed E-state index contributed by atoms with van der Waals surface area (Å²) in [5.41, 5.74) is 0.383. The largest absolute Gasteiger partial charge is 0.396 e. The van der Waals surface area contributed by atoms with E-state index in [0.29, 0.717) is 17.9 Å². The third-order valence-electron chi connectivity index (χ3n) is 2.49. The van der Waals surface area contributed by atoms with Crippen LogP contribution in [0.5, 0.6) is 0 Å². The summed E-state index contributed by atoms with van der Waals surface area (Å²) in [6.45, 7) is 0.105. The molecule has 0 amide bonds. The lowest BCUT2D eigenvalue weighted by atomic mass is 10.2. The van der Waals surface area contributed by atoms with Crippen LogP contribution < -0.4 is 5.32 Å². The molecule has 0 saturated heterocycles. The zero-order chi connectivity index (χ0) is 12.8. The highest BCUT2D eigenvalue weighted by Gasteiger charge is 2.12. The van der Waals surface area contributed by atoms with Gasteiger partial charge in [0.25, 0.3) is 0 Å². The predicted octanol–water partition coefficient (Wildman–Crippen LogP) is 2.55. The molecule has 0 spiro atoms. The van der Waals surface area contributed by atoms with Crippen LogP contribution in [0.4, 0.5) is 5.82 Å². The number of rotatable bonds is 5. The maximum atomic E-state index is 9.11. The van der Waals surface area contributed by atoms with E-state index in [1.807, 2.05) is 29.6 Å². The van der Waals surface area contributed by atoms with Crippen molar-refractivity contribution in [3.63, 3.8) is 0 Å². The Morgan fingerprint density at radius 1 is 1.39 bits per heavy atom. The molecule has 0 aliphatic heterocycles. The fourth-order valence-electron chi connectivity index (χ4n) is 1.66. The van der Waals surface area contributed by atoms with Gasteiger partial charge >= 0.3 is 0 Å². The molecule has 0 saturated carbocycles. The van der Waals surface area contributed by atoms with E-state index in [2.05, 4.69) is 10.3 Å². The monoisotopic (exact) mass is 259 g/mol. The molecule has 0 aliphatic rings. The molecule has 0 aromatic carbocycles. The first-order chi connectivity index (χ1) is 8.83. The van der Waals surface area contributed by atoms with E-state index in [-0.39, 0.29) is 12.6 Å². The minimum absolute atomic E-state index is 0.0245. The van der Waals surface area contributed by atoms with Crippen LogP contribution in [0.1, 0.15) is 23.0 Å². The Balaban J connectivity index is 2.16. The highest BCUT2D eigenvalue weighted by molar-refractivity contribution is 7.10. The van der Waals surface area contributed by atoms with Crippen LogP contribution in [0.25, 0.3) is 0 Å². The third-order valence-corrected chi connectivity index (χ3v) is 3.48. The molecule has 18 heavy (non-hydrogen) atoms. The molecule has 2 N–H and O–H groups in total. The Kier molecular flexibility index (Phi) is 4.29. The first-order valence-electron chi connectivity index (χ1n) is 5.61. The molecule has 2 aromatic heterocycles. The Morgan fingerprint density at radius 3 is 2.94 bits per heavy atom. The van der Waals surface area contributed by atoms with Crippen molar-refractivity contribution < 1.29 is 5.11 Å². The topological polar surface area (TPSA) is 68.9 Å². The lowest BCUT2D eigenvalue weighted by Crippen LogP contribution is -2.12. The molecule has 5 heteroatoms. The number of nitrogens with zero attached hydrogens (tertiary/aromatic N) is 2. The Bertz CT molecular complexity index is 533. The van der Waals surface area contributed by atoms with Crippen molar-refractivity contribution in [1.29, 1.82) is 5.26 Å². The van der Waals surface area contributed by atoms with Crippen molar-refractivity contribution in [1.82, 2.24) is 4.98 Å². The molecule has 0 bridgehead atoms. The van der Waals surface area contributed by atoms with E-state index >= 15 is 0 Å². The van der Waals surface area contributed by atoms with Gasteiger partial charge in [0.1, 0.15) is 17.6 Å². The summed E-state index contributed by atoms with van der Waals surface area (Å²) in [4.78, 5) is 5.32. The first-order valence-corrected chi connectivity index (χ1v) is 6.49. The smallest absolute Gasteiger partial charge is 0.142 e. The predicted molar refractivity (Wildman–Crippen MR) is 71.3 cm³/mol. The summed E-state index contributed by atoms with van der Waals surface area (Å²) in [6, 6.07) is 11.3. The molecule has 2 rings (SSSR count). The van der Waals surface area contributed by atoms with Gasteiger partial charge in [-0.25, -0.2) is 4.98 Å². The quantitative estimate of drug-likeness (QED) is 0.865. The van der Waals surface area contributed by atoms with Gasteiger partial charge < -0.3 is 10.4 Å².